The van der Waals surface area contributed by atoms with Crippen molar-refractivity contribution in [1.82, 2.24) is 16.0 Å². The number of amides is 4. The number of nitrogen functional groups attached to an aromatic ring is 1. The van der Waals surface area contributed by atoms with Crippen molar-refractivity contribution in [3.8, 4) is 0 Å². The second kappa shape index (κ2) is 14.7. The van der Waals surface area contributed by atoms with Crippen LogP contribution in [0, 0.1) is 0 Å². The smallest absolute Gasteiger partial charge is 0.399 e. The molecule has 7 N–H and O–H groups in total. The van der Waals surface area contributed by atoms with Gasteiger partial charge in [0.15, 0.2) is 0 Å². The quantitative estimate of drug-likeness (QED) is 0.269. The molecule has 0 aromatic heterocycles. The molecule has 4 rings (SSSR count). The predicted octanol–water partition coefficient (Wildman–Crippen LogP) is 3.66. The van der Waals surface area contributed by atoms with Gasteiger partial charge in [-0.1, -0.05) is 37.1 Å². The fourth-order valence-electron chi connectivity index (χ4n) is 4.32. The van der Waals surface area contributed by atoms with Crippen molar-refractivity contribution in [2.24, 2.45) is 5.73 Å². The third-order valence-electron chi connectivity index (χ3n) is 6.52. The van der Waals surface area contributed by atoms with Crippen LogP contribution in [0.4, 0.5) is 18.9 Å². The van der Waals surface area contributed by atoms with Gasteiger partial charge in [0.05, 0.1) is 12.1 Å². The highest BCUT2D eigenvalue weighted by Gasteiger charge is 2.31. The summed E-state index contributed by atoms with van der Waals surface area (Å²) < 4.78 is 38.5. The van der Waals surface area contributed by atoms with Gasteiger partial charge in [0, 0.05) is 34.5 Å². The number of hydrogen-bond acceptors (Lipinski definition) is 5. The summed E-state index contributed by atoms with van der Waals surface area (Å²) in [5.41, 5.74) is 11.0. The average Bonchev–Trinajstić information content (AvgIpc) is 2.97. The van der Waals surface area contributed by atoms with Crippen molar-refractivity contribution >= 4 is 29.3 Å². The minimum atomic E-state index is -4.57. The number of nitrogens with two attached hydrogens (primary N) is 2. The molecule has 0 unspecified atom stereocenters. The SMILES string of the molecule is NC(=O)c1ccccc1.Nc1ccc(C(=O)N[C@@H]2CCCC[C@@H]2NC(=O)CNC(=O)c2cccc(C(F)(F)F)c2)cc1. The number of hydrogen-bond donors (Lipinski definition) is 5. The Morgan fingerprint density at radius 1 is 0.738 bits per heavy atom. The van der Waals surface area contributed by atoms with Crippen molar-refractivity contribution in [3.05, 3.63) is 101 Å². The first-order chi connectivity index (χ1) is 19.9. The molecule has 0 heterocycles. The topological polar surface area (TPSA) is 156 Å². The number of anilines is 1. The van der Waals surface area contributed by atoms with Crippen molar-refractivity contribution in [2.75, 3.05) is 12.3 Å². The van der Waals surface area contributed by atoms with Crippen molar-refractivity contribution in [3.63, 3.8) is 0 Å². The van der Waals surface area contributed by atoms with E-state index in [1.807, 2.05) is 6.07 Å². The van der Waals surface area contributed by atoms with Crippen molar-refractivity contribution in [1.29, 1.82) is 0 Å². The van der Waals surface area contributed by atoms with Crippen LogP contribution >= 0.6 is 0 Å². The lowest BCUT2D eigenvalue weighted by molar-refractivity contribution is -0.137. The van der Waals surface area contributed by atoms with Gasteiger partial charge in [0.25, 0.3) is 11.8 Å². The normalized spacial score (nSPS) is 16.3. The molecule has 0 spiro atoms. The number of halogens is 3. The highest BCUT2D eigenvalue weighted by Crippen LogP contribution is 2.29. The minimum Gasteiger partial charge on any atom is -0.399 e. The van der Waals surface area contributed by atoms with E-state index >= 15 is 0 Å². The van der Waals surface area contributed by atoms with E-state index < -0.39 is 30.1 Å². The first-order valence-electron chi connectivity index (χ1n) is 13.2. The molecule has 0 radical (unpaired) electrons. The summed E-state index contributed by atoms with van der Waals surface area (Å²) in [4.78, 5) is 47.5. The van der Waals surface area contributed by atoms with Gasteiger partial charge in [0.2, 0.25) is 11.8 Å². The fraction of sp³-hybridized carbons (Fsp3) is 0.267. The van der Waals surface area contributed by atoms with Crippen LogP contribution in [0.5, 0.6) is 0 Å². The third-order valence-corrected chi connectivity index (χ3v) is 6.52. The molecule has 9 nitrogen and oxygen atoms in total. The van der Waals surface area contributed by atoms with Crippen LogP contribution in [0.15, 0.2) is 78.9 Å². The Bertz CT molecular complexity index is 1380. The second-order valence-electron chi connectivity index (χ2n) is 9.65. The summed E-state index contributed by atoms with van der Waals surface area (Å²) in [6, 6.07) is 18.6. The largest absolute Gasteiger partial charge is 0.416 e. The number of alkyl halides is 3. The van der Waals surface area contributed by atoms with E-state index in [2.05, 4.69) is 16.0 Å². The number of carbonyl (C=O) groups excluding carboxylic acids is 4. The Morgan fingerprint density at radius 2 is 1.33 bits per heavy atom. The molecule has 1 saturated carbocycles. The monoisotopic (exact) mass is 583 g/mol. The standard InChI is InChI=1S/C23H25F3N4O3.C7H7NO/c24-23(25,26)16-5-3-4-15(12-16)21(32)28-13-20(31)29-18-6-1-2-7-19(18)30-22(33)14-8-10-17(27)11-9-14;8-7(9)6-4-2-1-3-5-6/h3-5,8-12,18-19H,1-2,6-7,13,27H2,(H,28,32)(H,29,31)(H,30,33);1-5H,(H2,8,9)/t18-,19+;/m0./s1. The fourth-order valence-corrected chi connectivity index (χ4v) is 4.32. The Kier molecular flexibility index (Phi) is 11.1. The van der Waals surface area contributed by atoms with E-state index in [9.17, 15) is 32.3 Å². The lowest BCUT2D eigenvalue weighted by atomic mass is 9.90. The molecule has 0 saturated heterocycles. The summed E-state index contributed by atoms with van der Waals surface area (Å²) in [7, 11) is 0. The molecular weight excluding hydrogens is 551 g/mol. The predicted molar refractivity (Wildman–Crippen MR) is 151 cm³/mol. The van der Waals surface area contributed by atoms with Gasteiger partial charge in [-0.25, -0.2) is 0 Å². The zero-order valence-corrected chi connectivity index (χ0v) is 22.6. The number of carbonyl (C=O) groups is 4. The van der Waals surface area contributed by atoms with Gasteiger partial charge >= 0.3 is 6.18 Å². The number of rotatable bonds is 7. The number of benzene rings is 3. The second-order valence-corrected chi connectivity index (χ2v) is 9.65. The summed E-state index contributed by atoms with van der Waals surface area (Å²) >= 11 is 0. The van der Waals surface area contributed by atoms with Gasteiger partial charge in [-0.05, 0) is 67.4 Å². The van der Waals surface area contributed by atoms with Gasteiger partial charge in [0.1, 0.15) is 0 Å². The van der Waals surface area contributed by atoms with Gasteiger partial charge < -0.3 is 27.4 Å². The molecule has 1 aliphatic rings. The highest BCUT2D eigenvalue weighted by molar-refractivity contribution is 5.97. The van der Waals surface area contributed by atoms with Crippen LogP contribution in [0.3, 0.4) is 0 Å². The van der Waals surface area contributed by atoms with Gasteiger partial charge in [-0.3, -0.25) is 19.2 Å². The van der Waals surface area contributed by atoms with Crippen molar-refractivity contribution in [2.45, 2.75) is 43.9 Å². The maximum atomic E-state index is 12.8. The Balaban J connectivity index is 0.000000458. The molecule has 0 aliphatic heterocycles. The molecule has 42 heavy (non-hydrogen) atoms. The maximum absolute atomic E-state index is 12.8. The van der Waals surface area contributed by atoms with E-state index in [1.54, 1.807) is 48.5 Å². The zero-order valence-electron chi connectivity index (χ0n) is 22.6. The molecular formula is C30H32F3N5O4. The van der Waals surface area contributed by atoms with Crippen LogP contribution in [0.2, 0.25) is 0 Å². The maximum Gasteiger partial charge on any atom is 0.416 e. The number of nitrogens with one attached hydrogen (secondary N) is 3. The lowest BCUT2D eigenvalue weighted by Crippen LogP contribution is -2.54. The van der Waals surface area contributed by atoms with E-state index in [0.29, 0.717) is 29.7 Å². The van der Waals surface area contributed by atoms with Crippen LogP contribution in [0.1, 0.15) is 62.3 Å². The first-order valence-corrected chi connectivity index (χ1v) is 13.2. The summed E-state index contributed by atoms with van der Waals surface area (Å²) in [5, 5.41) is 8.08. The average molecular weight is 584 g/mol. The summed E-state index contributed by atoms with van der Waals surface area (Å²) in [6.07, 6.45) is -1.47. The molecule has 222 valence electrons. The number of primary amides is 1. The van der Waals surface area contributed by atoms with Crippen LogP contribution in [-0.2, 0) is 11.0 Å². The molecule has 1 fully saturated rings. The molecule has 0 bridgehead atoms. The minimum absolute atomic E-state index is 0.191. The van der Waals surface area contributed by atoms with E-state index in [-0.39, 0.29) is 29.5 Å². The Labute approximate surface area is 240 Å². The van der Waals surface area contributed by atoms with Gasteiger partial charge in [-0.2, -0.15) is 13.2 Å². The van der Waals surface area contributed by atoms with Crippen LogP contribution in [-0.4, -0.2) is 42.3 Å². The Hall–Kier alpha value is -4.87. The Morgan fingerprint density at radius 3 is 1.90 bits per heavy atom. The van der Waals surface area contributed by atoms with Crippen molar-refractivity contribution < 1.29 is 32.3 Å². The summed E-state index contributed by atoms with van der Waals surface area (Å²) in [5.74, 6) is -1.93. The van der Waals surface area contributed by atoms with Crippen LogP contribution < -0.4 is 27.4 Å². The molecule has 3 aromatic carbocycles. The van der Waals surface area contributed by atoms with Gasteiger partial charge in [-0.15, -0.1) is 0 Å². The zero-order chi connectivity index (χ0) is 30.7. The lowest BCUT2D eigenvalue weighted by Gasteiger charge is -2.33. The molecule has 2 atom stereocenters. The molecule has 12 heteroatoms. The van der Waals surface area contributed by atoms with E-state index in [4.69, 9.17) is 11.5 Å². The van der Waals surface area contributed by atoms with E-state index in [1.165, 1.54) is 6.07 Å². The summed E-state index contributed by atoms with van der Waals surface area (Å²) in [6.45, 7) is -0.399. The molecule has 3 aromatic rings. The van der Waals surface area contributed by atoms with Crippen LogP contribution in [0.25, 0.3) is 0 Å². The molecule has 4 amide bonds. The van der Waals surface area contributed by atoms with E-state index in [0.717, 1.165) is 31.0 Å². The first kappa shape index (κ1) is 31.7. The molecule has 1 aliphatic carbocycles. The third kappa shape index (κ3) is 9.65. The highest BCUT2D eigenvalue weighted by atomic mass is 19.4.